The lowest BCUT2D eigenvalue weighted by atomic mass is 10.1. The van der Waals surface area contributed by atoms with E-state index in [-0.39, 0.29) is 5.91 Å². The number of hydrogen-bond donors (Lipinski definition) is 0. The number of nitrogens with zero attached hydrogens (tertiary/aromatic N) is 1. The van der Waals surface area contributed by atoms with Crippen molar-refractivity contribution in [3.63, 3.8) is 0 Å². The maximum atomic E-state index is 12.5. The first kappa shape index (κ1) is 10.7. The SMILES string of the molecule is CCCN1C(=O)C2(OCCO2)c2ccccc21. The van der Waals surface area contributed by atoms with Gasteiger partial charge in [0.2, 0.25) is 0 Å². The minimum absolute atomic E-state index is 0.0851. The Morgan fingerprint density at radius 2 is 2.00 bits per heavy atom. The van der Waals surface area contributed by atoms with Crippen molar-refractivity contribution in [3.8, 4) is 0 Å². The molecule has 1 saturated heterocycles. The molecule has 0 atom stereocenters. The molecule has 0 N–H and O–H groups in total. The molecule has 0 radical (unpaired) electrons. The van der Waals surface area contributed by atoms with Gasteiger partial charge in [-0.15, -0.1) is 0 Å². The lowest BCUT2D eigenvalue weighted by molar-refractivity contribution is -0.180. The van der Waals surface area contributed by atoms with Crippen LogP contribution in [-0.2, 0) is 20.1 Å². The third-order valence-corrected chi connectivity index (χ3v) is 3.22. The van der Waals surface area contributed by atoms with Crippen LogP contribution in [0.4, 0.5) is 5.69 Å². The second-order valence-electron chi connectivity index (χ2n) is 4.29. The molecule has 1 amide bonds. The minimum atomic E-state index is -1.16. The molecule has 0 aliphatic carbocycles. The monoisotopic (exact) mass is 233 g/mol. The summed E-state index contributed by atoms with van der Waals surface area (Å²) in [4.78, 5) is 14.2. The maximum Gasteiger partial charge on any atom is 0.292 e. The Balaban J connectivity index is 2.12. The summed E-state index contributed by atoms with van der Waals surface area (Å²) in [6.07, 6.45) is 0.913. The van der Waals surface area contributed by atoms with E-state index in [1.807, 2.05) is 24.3 Å². The number of benzene rings is 1. The van der Waals surface area contributed by atoms with Crippen LogP contribution in [0.2, 0.25) is 0 Å². The van der Waals surface area contributed by atoms with Crippen molar-refractivity contribution in [2.75, 3.05) is 24.7 Å². The van der Waals surface area contributed by atoms with Crippen molar-refractivity contribution in [3.05, 3.63) is 29.8 Å². The number of anilines is 1. The van der Waals surface area contributed by atoms with E-state index >= 15 is 0 Å². The summed E-state index contributed by atoms with van der Waals surface area (Å²) >= 11 is 0. The number of hydrogen-bond acceptors (Lipinski definition) is 3. The third-order valence-electron chi connectivity index (χ3n) is 3.22. The van der Waals surface area contributed by atoms with E-state index in [0.29, 0.717) is 19.8 Å². The average Bonchev–Trinajstić information content (AvgIpc) is 2.92. The molecule has 3 rings (SSSR count). The first-order valence-electron chi connectivity index (χ1n) is 5.99. The minimum Gasteiger partial charge on any atom is -0.336 e. The molecule has 90 valence electrons. The van der Waals surface area contributed by atoms with Gasteiger partial charge in [0, 0.05) is 12.1 Å². The van der Waals surface area contributed by atoms with Crippen molar-refractivity contribution in [2.45, 2.75) is 19.1 Å². The first-order valence-corrected chi connectivity index (χ1v) is 5.99. The molecule has 0 aromatic heterocycles. The largest absolute Gasteiger partial charge is 0.336 e. The van der Waals surface area contributed by atoms with Crippen LogP contribution in [0.1, 0.15) is 18.9 Å². The summed E-state index contributed by atoms with van der Waals surface area (Å²) in [5.74, 6) is -1.25. The molecule has 4 nitrogen and oxygen atoms in total. The number of amides is 1. The van der Waals surface area contributed by atoms with E-state index in [1.54, 1.807) is 4.90 Å². The van der Waals surface area contributed by atoms with Gasteiger partial charge in [-0.3, -0.25) is 4.79 Å². The molecule has 2 aliphatic heterocycles. The smallest absolute Gasteiger partial charge is 0.292 e. The van der Waals surface area contributed by atoms with Gasteiger partial charge in [-0.05, 0) is 12.5 Å². The Morgan fingerprint density at radius 1 is 1.29 bits per heavy atom. The predicted octanol–water partition coefficient (Wildman–Crippen LogP) is 1.64. The summed E-state index contributed by atoms with van der Waals surface area (Å²) in [5, 5.41) is 0. The highest BCUT2D eigenvalue weighted by molar-refractivity contribution is 6.06. The Kier molecular flexibility index (Phi) is 2.42. The van der Waals surface area contributed by atoms with E-state index in [2.05, 4.69) is 6.92 Å². The van der Waals surface area contributed by atoms with Crippen LogP contribution in [0.15, 0.2) is 24.3 Å². The summed E-state index contributed by atoms with van der Waals surface area (Å²) < 4.78 is 11.2. The zero-order chi connectivity index (χ0) is 11.9. The lowest BCUT2D eigenvalue weighted by Crippen LogP contribution is -2.41. The number of rotatable bonds is 2. The molecule has 1 spiro atoms. The molecule has 1 fully saturated rings. The van der Waals surface area contributed by atoms with Crippen LogP contribution in [0.3, 0.4) is 0 Å². The first-order chi connectivity index (χ1) is 8.29. The van der Waals surface area contributed by atoms with Crippen molar-refractivity contribution in [2.24, 2.45) is 0 Å². The summed E-state index contributed by atoms with van der Waals surface area (Å²) in [6.45, 7) is 3.70. The summed E-state index contributed by atoms with van der Waals surface area (Å²) in [5.41, 5.74) is 1.76. The van der Waals surface area contributed by atoms with Crippen LogP contribution in [0, 0.1) is 0 Å². The molecule has 4 heteroatoms. The molecule has 1 aromatic carbocycles. The van der Waals surface area contributed by atoms with Crippen molar-refractivity contribution in [1.82, 2.24) is 0 Å². The van der Waals surface area contributed by atoms with E-state index in [0.717, 1.165) is 17.7 Å². The molecule has 0 unspecified atom stereocenters. The van der Waals surface area contributed by atoms with Gasteiger partial charge in [0.05, 0.1) is 18.9 Å². The summed E-state index contributed by atoms with van der Waals surface area (Å²) in [6, 6.07) is 7.70. The maximum absolute atomic E-state index is 12.5. The number of carbonyl (C=O) groups excluding carboxylic acids is 1. The zero-order valence-electron chi connectivity index (χ0n) is 9.81. The molecular formula is C13H15NO3. The summed E-state index contributed by atoms with van der Waals surface area (Å²) in [7, 11) is 0. The van der Waals surface area contributed by atoms with Gasteiger partial charge in [-0.1, -0.05) is 25.1 Å². The normalized spacial score (nSPS) is 21.2. The molecule has 17 heavy (non-hydrogen) atoms. The number of para-hydroxylation sites is 1. The van der Waals surface area contributed by atoms with Gasteiger partial charge in [0.15, 0.2) is 0 Å². The van der Waals surface area contributed by atoms with Crippen molar-refractivity contribution >= 4 is 11.6 Å². The van der Waals surface area contributed by atoms with E-state index in [1.165, 1.54) is 0 Å². The number of ether oxygens (including phenoxy) is 2. The predicted molar refractivity (Wildman–Crippen MR) is 62.7 cm³/mol. The Bertz CT molecular complexity index is 452. The molecule has 0 bridgehead atoms. The molecule has 1 aromatic rings. The fraction of sp³-hybridized carbons (Fsp3) is 0.462. The number of carbonyl (C=O) groups is 1. The second kappa shape index (κ2) is 3.82. The van der Waals surface area contributed by atoms with Gasteiger partial charge in [0.25, 0.3) is 11.7 Å². The Hall–Kier alpha value is -1.39. The van der Waals surface area contributed by atoms with Gasteiger partial charge < -0.3 is 14.4 Å². The van der Waals surface area contributed by atoms with Gasteiger partial charge in [-0.2, -0.15) is 0 Å². The van der Waals surface area contributed by atoms with Crippen LogP contribution in [0.25, 0.3) is 0 Å². The Labute approximate surface area is 100 Å². The average molecular weight is 233 g/mol. The van der Waals surface area contributed by atoms with E-state index in [9.17, 15) is 4.79 Å². The topological polar surface area (TPSA) is 38.8 Å². The zero-order valence-corrected chi connectivity index (χ0v) is 9.81. The van der Waals surface area contributed by atoms with Gasteiger partial charge in [0.1, 0.15) is 0 Å². The van der Waals surface area contributed by atoms with Crippen LogP contribution < -0.4 is 4.90 Å². The van der Waals surface area contributed by atoms with Gasteiger partial charge >= 0.3 is 0 Å². The highest BCUT2D eigenvalue weighted by Crippen LogP contribution is 2.45. The number of fused-ring (bicyclic) bond motifs is 2. The highest BCUT2D eigenvalue weighted by Gasteiger charge is 2.55. The quantitative estimate of drug-likeness (QED) is 0.779. The third kappa shape index (κ3) is 1.34. The standard InChI is InChI=1S/C13H15NO3/c1-2-7-14-11-6-4-3-5-10(11)13(12(14)15)16-8-9-17-13/h3-6H,2,7-9H2,1H3. The fourth-order valence-electron chi connectivity index (χ4n) is 2.53. The van der Waals surface area contributed by atoms with Crippen LogP contribution in [-0.4, -0.2) is 25.7 Å². The fourth-order valence-corrected chi connectivity index (χ4v) is 2.53. The van der Waals surface area contributed by atoms with E-state index in [4.69, 9.17) is 9.47 Å². The molecule has 0 saturated carbocycles. The van der Waals surface area contributed by atoms with Crippen LogP contribution in [0.5, 0.6) is 0 Å². The highest BCUT2D eigenvalue weighted by atomic mass is 16.7. The molecule has 2 heterocycles. The van der Waals surface area contributed by atoms with Gasteiger partial charge in [-0.25, -0.2) is 0 Å². The second-order valence-corrected chi connectivity index (χ2v) is 4.29. The lowest BCUT2D eigenvalue weighted by Gasteiger charge is -2.21. The molecule has 2 aliphatic rings. The van der Waals surface area contributed by atoms with Crippen LogP contribution >= 0.6 is 0 Å². The van der Waals surface area contributed by atoms with Crippen molar-refractivity contribution in [1.29, 1.82) is 0 Å². The van der Waals surface area contributed by atoms with Crippen molar-refractivity contribution < 1.29 is 14.3 Å². The Morgan fingerprint density at radius 3 is 2.71 bits per heavy atom. The van der Waals surface area contributed by atoms with E-state index < -0.39 is 5.79 Å². The molecular weight excluding hydrogens is 218 g/mol.